The highest BCUT2D eigenvalue weighted by molar-refractivity contribution is 7.89. The molecule has 112 valence electrons. The van der Waals surface area contributed by atoms with Gasteiger partial charge in [-0.1, -0.05) is 6.92 Å². The lowest BCUT2D eigenvalue weighted by molar-refractivity contribution is 0.0236. The summed E-state index contributed by atoms with van der Waals surface area (Å²) in [5, 5.41) is 3.11. The molecule has 0 aromatic carbocycles. The lowest BCUT2D eigenvalue weighted by Crippen LogP contribution is -2.47. The van der Waals surface area contributed by atoms with Crippen LogP contribution in [-0.4, -0.2) is 39.2 Å². The average molecular weight is 299 g/mol. The van der Waals surface area contributed by atoms with E-state index in [9.17, 15) is 8.42 Å². The van der Waals surface area contributed by atoms with Gasteiger partial charge in [0.1, 0.15) is 4.90 Å². The SMILES string of the molecule is CCCNc1ccncc1S(=O)(=O)NC1CC(OC)C1. The second-order valence-electron chi connectivity index (χ2n) is 4.95. The number of hydrogen-bond acceptors (Lipinski definition) is 5. The van der Waals surface area contributed by atoms with Crippen molar-refractivity contribution in [3.63, 3.8) is 0 Å². The van der Waals surface area contributed by atoms with Crippen LogP contribution in [0, 0.1) is 0 Å². The van der Waals surface area contributed by atoms with Crippen LogP contribution in [0.2, 0.25) is 0 Å². The number of anilines is 1. The summed E-state index contributed by atoms with van der Waals surface area (Å²) in [5.74, 6) is 0. The molecule has 1 heterocycles. The second kappa shape index (κ2) is 6.51. The van der Waals surface area contributed by atoms with E-state index in [4.69, 9.17) is 4.74 Å². The van der Waals surface area contributed by atoms with Crippen LogP contribution in [0.25, 0.3) is 0 Å². The molecule has 0 amide bonds. The maximum absolute atomic E-state index is 12.4. The fraction of sp³-hybridized carbons (Fsp3) is 0.615. The van der Waals surface area contributed by atoms with Crippen molar-refractivity contribution in [2.24, 2.45) is 0 Å². The van der Waals surface area contributed by atoms with Gasteiger partial charge in [-0.2, -0.15) is 0 Å². The molecule has 1 aromatic rings. The highest BCUT2D eigenvalue weighted by Gasteiger charge is 2.33. The summed E-state index contributed by atoms with van der Waals surface area (Å²) < 4.78 is 32.6. The molecule has 7 heteroatoms. The van der Waals surface area contributed by atoms with Crippen LogP contribution in [0.5, 0.6) is 0 Å². The van der Waals surface area contributed by atoms with E-state index < -0.39 is 10.0 Å². The minimum atomic E-state index is -3.54. The van der Waals surface area contributed by atoms with Crippen molar-refractivity contribution < 1.29 is 13.2 Å². The zero-order chi connectivity index (χ0) is 14.6. The molecule has 0 spiro atoms. The minimum Gasteiger partial charge on any atom is -0.384 e. The number of rotatable bonds is 7. The van der Waals surface area contributed by atoms with E-state index in [2.05, 4.69) is 15.0 Å². The Morgan fingerprint density at radius 2 is 2.20 bits per heavy atom. The molecular formula is C13H21N3O3S. The number of ether oxygens (including phenoxy) is 1. The number of aromatic nitrogens is 1. The number of nitrogens with zero attached hydrogens (tertiary/aromatic N) is 1. The predicted molar refractivity (Wildman–Crippen MR) is 77.2 cm³/mol. The van der Waals surface area contributed by atoms with Crippen molar-refractivity contribution in [2.75, 3.05) is 19.0 Å². The molecule has 0 aliphatic heterocycles. The third-order valence-corrected chi connectivity index (χ3v) is 4.94. The lowest BCUT2D eigenvalue weighted by atomic mass is 9.90. The Morgan fingerprint density at radius 3 is 2.85 bits per heavy atom. The summed E-state index contributed by atoms with van der Waals surface area (Å²) >= 11 is 0. The number of sulfonamides is 1. The zero-order valence-corrected chi connectivity index (χ0v) is 12.6. The van der Waals surface area contributed by atoms with Crippen LogP contribution in [0.4, 0.5) is 5.69 Å². The Hall–Kier alpha value is -1.18. The first-order valence-corrected chi connectivity index (χ1v) is 8.28. The molecule has 0 bridgehead atoms. The Morgan fingerprint density at radius 1 is 1.45 bits per heavy atom. The summed E-state index contributed by atoms with van der Waals surface area (Å²) in [7, 11) is -1.90. The van der Waals surface area contributed by atoms with Crippen molar-refractivity contribution in [3.05, 3.63) is 18.5 Å². The van der Waals surface area contributed by atoms with Gasteiger partial charge in [0, 0.05) is 32.1 Å². The third-order valence-electron chi connectivity index (χ3n) is 3.39. The van der Waals surface area contributed by atoms with Crippen molar-refractivity contribution in [1.82, 2.24) is 9.71 Å². The summed E-state index contributed by atoms with van der Waals surface area (Å²) in [6, 6.07) is 1.63. The highest BCUT2D eigenvalue weighted by Crippen LogP contribution is 2.26. The zero-order valence-electron chi connectivity index (χ0n) is 11.8. The highest BCUT2D eigenvalue weighted by atomic mass is 32.2. The first-order valence-electron chi connectivity index (χ1n) is 6.79. The van der Waals surface area contributed by atoms with Crippen LogP contribution >= 0.6 is 0 Å². The van der Waals surface area contributed by atoms with Crippen LogP contribution in [0.1, 0.15) is 26.2 Å². The van der Waals surface area contributed by atoms with Crippen molar-refractivity contribution >= 4 is 15.7 Å². The smallest absolute Gasteiger partial charge is 0.244 e. The Balaban J connectivity index is 2.09. The predicted octanol–water partition coefficient (Wildman–Crippen LogP) is 1.36. The van der Waals surface area contributed by atoms with E-state index in [1.165, 1.54) is 6.20 Å². The minimum absolute atomic E-state index is 0.0517. The Bertz CT molecular complexity index is 542. The second-order valence-corrected chi connectivity index (χ2v) is 6.63. The molecule has 2 rings (SSSR count). The van der Waals surface area contributed by atoms with Gasteiger partial charge in [-0.25, -0.2) is 13.1 Å². The largest absolute Gasteiger partial charge is 0.384 e. The molecule has 0 radical (unpaired) electrons. The van der Waals surface area contributed by atoms with Gasteiger partial charge in [0.2, 0.25) is 10.0 Å². The van der Waals surface area contributed by atoms with Gasteiger partial charge in [0.15, 0.2) is 0 Å². The molecule has 1 fully saturated rings. The van der Waals surface area contributed by atoms with Crippen LogP contribution in [-0.2, 0) is 14.8 Å². The van der Waals surface area contributed by atoms with Crippen LogP contribution in [0.15, 0.2) is 23.4 Å². The topological polar surface area (TPSA) is 80.3 Å². The molecule has 20 heavy (non-hydrogen) atoms. The van der Waals surface area contributed by atoms with Gasteiger partial charge in [-0.05, 0) is 25.3 Å². The molecule has 6 nitrogen and oxygen atoms in total. The van der Waals surface area contributed by atoms with E-state index in [-0.39, 0.29) is 17.0 Å². The summed E-state index contributed by atoms with van der Waals surface area (Å²) in [6.07, 6.45) is 5.48. The molecule has 1 aliphatic carbocycles. The lowest BCUT2D eigenvalue weighted by Gasteiger charge is -2.34. The fourth-order valence-corrected chi connectivity index (χ4v) is 3.52. The number of nitrogens with one attached hydrogen (secondary N) is 2. The van der Waals surface area contributed by atoms with E-state index in [1.54, 1.807) is 19.4 Å². The Labute approximate surface area is 120 Å². The first kappa shape index (κ1) is 15.2. The third kappa shape index (κ3) is 3.47. The maximum atomic E-state index is 12.4. The van der Waals surface area contributed by atoms with Gasteiger partial charge in [0.05, 0.1) is 11.8 Å². The summed E-state index contributed by atoms with van der Waals surface area (Å²) in [4.78, 5) is 4.12. The molecule has 1 aromatic heterocycles. The van der Waals surface area contributed by atoms with Crippen molar-refractivity contribution in [3.8, 4) is 0 Å². The van der Waals surface area contributed by atoms with E-state index in [0.717, 1.165) is 13.0 Å². The number of hydrogen-bond donors (Lipinski definition) is 2. The monoisotopic (exact) mass is 299 g/mol. The normalized spacial score (nSPS) is 22.3. The van der Waals surface area contributed by atoms with E-state index in [1.807, 2.05) is 6.92 Å². The van der Waals surface area contributed by atoms with Crippen molar-refractivity contribution in [1.29, 1.82) is 0 Å². The van der Waals surface area contributed by atoms with Gasteiger partial charge < -0.3 is 10.1 Å². The first-order chi connectivity index (χ1) is 9.56. The summed E-state index contributed by atoms with van der Waals surface area (Å²) in [6.45, 7) is 2.75. The number of methoxy groups -OCH3 is 1. The Kier molecular flexibility index (Phi) is 4.95. The molecular weight excluding hydrogens is 278 g/mol. The molecule has 2 N–H and O–H groups in total. The van der Waals surface area contributed by atoms with Gasteiger partial charge in [-0.3, -0.25) is 4.98 Å². The molecule has 0 atom stereocenters. The number of pyridine rings is 1. The fourth-order valence-electron chi connectivity index (χ4n) is 2.14. The summed E-state index contributed by atoms with van der Waals surface area (Å²) in [5.41, 5.74) is 0.594. The quantitative estimate of drug-likeness (QED) is 0.794. The standard InChI is InChI=1S/C13H21N3O3S/c1-3-5-15-12-4-6-14-9-13(12)20(17,18)16-10-7-11(8-10)19-2/h4,6,9-11,16H,3,5,7-8H2,1-2H3,(H,14,15). The van der Waals surface area contributed by atoms with Crippen LogP contribution < -0.4 is 10.0 Å². The molecule has 0 unspecified atom stereocenters. The molecule has 1 aliphatic rings. The van der Waals surface area contributed by atoms with Gasteiger partial charge in [-0.15, -0.1) is 0 Å². The molecule has 1 saturated carbocycles. The van der Waals surface area contributed by atoms with Gasteiger partial charge >= 0.3 is 0 Å². The van der Waals surface area contributed by atoms with E-state index >= 15 is 0 Å². The van der Waals surface area contributed by atoms with Crippen LogP contribution in [0.3, 0.4) is 0 Å². The van der Waals surface area contributed by atoms with E-state index in [0.29, 0.717) is 18.5 Å². The average Bonchev–Trinajstić information content (AvgIpc) is 2.40. The van der Waals surface area contributed by atoms with Crippen molar-refractivity contribution in [2.45, 2.75) is 43.2 Å². The van der Waals surface area contributed by atoms with Gasteiger partial charge in [0.25, 0.3) is 0 Å². The maximum Gasteiger partial charge on any atom is 0.244 e. The molecule has 0 saturated heterocycles.